The number of likely N-dealkylation sites (tertiary alicyclic amines) is 1. The second kappa shape index (κ2) is 6.11. The molecule has 0 atom stereocenters. The number of carbonyl (C=O) groups is 2. The number of piperidine rings is 1. The Morgan fingerprint density at radius 1 is 1.20 bits per heavy atom. The van der Waals surface area contributed by atoms with E-state index in [1.54, 1.807) is 13.8 Å². The number of H-pyrrole nitrogens is 1. The number of aromatic amines is 1. The summed E-state index contributed by atoms with van der Waals surface area (Å²) in [4.78, 5) is 29.3. The average Bonchev–Trinajstić information content (AvgIpc) is 2.75. The van der Waals surface area contributed by atoms with Crippen LogP contribution >= 0.6 is 0 Å². The van der Waals surface area contributed by atoms with Gasteiger partial charge in [0.1, 0.15) is 5.69 Å². The second-order valence-corrected chi connectivity index (χ2v) is 5.20. The molecule has 2 heterocycles. The second-order valence-electron chi connectivity index (χ2n) is 5.20. The van der Waals surface area contributed by atoms with Crippen LogP contribution in [0.15, 0.2) is 0 Å². The monoisotopic (exact) mass is 278 g/mol. The number of nitrogens with zero attached hydrogens (tertiary/aromatic N) is 1. The fraction of sp³-hybridized carbons (Fsp3) is 0.600. The van der Waals surface area contributed by atoms with Crippen molar-refractivity contribution in [3.63, 3.8) is 0 Å². The Labute approximate surface area is 119 Å². The van der Waals surface area contributed by atoms with Gasteiger partial charge in [-0.05, 0) is 45.6 Å². The number of nitrogens with one attached hydrogen (secondary N) is 1. The summed E-state index contributed by atoms with van der Waals surface area (Å²) in [7, 11) is 0. The average molecular weight is 278 g/mol. The third-order valence-electron chi connectivity index (χ3n) is 3.77. The topological polar surface area (TPSA) is 62.4 Å². The van der Waals surface area contributed by atoms with Crippen LogP contribution in [0.25, 0.3) is 0 Å². The van der Waals surface area contributed by atoms with E-state index in [-0.39, 0.29) is 5.91 Å². The van der Waals surface area contributed by atoms with Crippen LogP contribution < -0.4 is 0 Å². The van der Waals surface area contributed by atoms with Crippen molar-refractivity contribution in [1.82, 2.24) is 9.88 Å². The highest BCUT2D eigenvalue weighted by Crippen LogP contribution is 2.22. The molecule has 0 radical (unpaired) electrons. The molecule has 0 bridgehead atoms. The summed E-state index contributed by atoms with van der Waals surface area (Å²) in [6.45, 7) is 7.32. The zero-order valence-electron chi connectivity index (χ0n) is 12.4. The summed E-state index contributed by atoms with van der Waals surface area (Å²) in [5.41, 5.74) is 2.44. The quantitative estimate of drug-likeness (QED) is 0.864. The number of amides is 1. The van der Waals surface area contributed by atoms with E-state index in [0.717, 1.165) is 31.6 Å². The molecule has 1 fully saturated rings. The lowest BCUT2D eigenvalue weighted by Gasteiger charge is -2.27. The SMILES string of the molecule is CCOC(=O)c1[nH]c(C)c(C(=O)N2CCCCC2)c1C. The van der Waals surface area contributed by atoms with Crippen LogP contribution in [-0.2, 0) is 4.74 Å². The Morgan fingerprint density at radius 3 is 2.45 bits per heavy atom. The van der Waals surface area contributed by atoms with E-state index in [1.165, 1.54) is 6.42 Å². The molecule has 1 saturated heterocycles. The fourth-order valence-corrected chi connectivity index (χ4v) is 2.73. The zero-order chi connectivity index (χ0) is 14.7. The molecule has 20 heavy (non-hydrogen) atoms. The number of carbonyl (C=O) groups excluding carboxylic acids is 2. The van der Waals surface area contributed by atoms with Crippen LogP contribution in [0.1, 0.15) is 58.3 Å². The third kappa shape index (κ3) is 2.71. The fourth-order valence-electron chi connectivity index (χ4n) is 2.73. The zero-order valence-corrected chi connectivity index (χ0v) is 12.4. The minimum Gasteiger partial charge on any atom is -0.461 e. The molecule has 0 aliphatic carbocycles. The highest BCUT2D eigenvalue weighted by molar-refractivity contribution is 6.01. The van der Waals surface area contributed by atoms with Crippen LogP contribution in [-0.4, -0.2) is 41.5 Å². The predicted octanol–water partition coefficient (Wildman–Crippen LogP) is 2.43. The lowest BCUT2D eigenvalue weighted by atomic mass is 10.1. The van der Waals surface area contributed by atoms with Crippen molar-refractivity contribution in [2.24, 2.45) is 0 Å². The van der Waals surface area contributed by atoms with E-state index in [9.17, 15) is 9.59 Å². The van der Waals surface area contributed by atoms with Gasteiger partial charge in [-0.25, -0.2) is 4.79 Å². The van der Waals surface area contributed by atoms with E-state index >= 15 is 0 Å². The Hall–Kier alpha value is -1.78. The normalized spacial score (nSPS) is 15.2. The van der Waals surface area contributed by atoms with Crippen LogP contribution in [0.2, 0.25) is 0 Å². The molecule has 2 rings (SSSR count). The molecule has 1 aliphatic heterocycles. The molecule has 1 amide bonds. The smallest absolute Gasteiger partial charge is 0.355 e. The van der Waals surface area contributed by atoms with Gasteiger partial charge >= 0.3 is 5.97 Å². The molecular formula is C15H22N2O3. The third-order valence-corrected chi connectivity index (χ3v) is 3.77. The number of hydrogen-bond acceptors (Lipinski definition) is 3. The highest BCUT2D eigenvalue weighted by atomic mass is 16.5. The van der Waals surface area contributed by atoms with Crippen LogP contribution in [0.5, 0.6) is 0 Å². The molecule has 1 aromatic heterocycles. The van der Waals surface area contributed by atoms with Crippen molar-refractivity contribution in [2.75, 3.05) is 19.7 Å². The number of hydrogen-bond donors (Lipinski definition) is 1. The molecule has 110 valence electrons. The van der Waals surface area contributed by atoms with E-state index in [4.69, 9.17) is 4.74 Å². The van der Waals surface area contributed by atoms with Crippen LogP contribution in [0.4, 0.5) is 0 Å². The molecule has 0 saturated carbocycles. The standard InChI is InChI=1S/C15H22N2O3/c1-4-20-15(19)13-10(2)12(11(3)16-13)14(18)17-8-6-5-7-9-17/h16H,4-9H2,1-3H3. The van der Waals surface area contributed by atoms with Gasteiger partial charge in [-0.3, -0.25) is 4.79 Å². The van der Waals surface area contributed by atoms with Crippen molar-refractivity contribution in [3.05, 3.63) is 22.5 Å². The summed E-state index contributed by atoms with van der Waals surface area (Å²) < 4.78 is 5.01. The molecule has 0 aromatic carbocycles. The van der Waals surface area contributed by atoms with Gasteiger partial charge in [0.2, 0.25) is 0 Å². The first-order valence-corrected chi connectivity index (χ1v) is 7.21. The van der Waals surface area contributed by atoms with Gasteiger partial charge in [-0.15, -0.1) is 0 Å². The minimum absolute atomic E-state index is 0.0199. The van der Waals surface area contributed by atoms with Gasteiger partial charge in [-0.2, -0.15) is 0 Å². The van der Waals surface area contributed by atoms with Gasteiger partial charge in [0, 0.05) is 18.8 Å². The van der Waals surface area contributed by atoms with E-state index in [0.29, 0.717) is 23.4 Å². The molecule has 5 nitrogen and oxygen atoms in total. The number of aromatic nitrogens is 1. The Kier molecular flexibility index (Phi) is 4.47. The largest absolute Gasteiger partial charge is 0.461 e. The van der Waals surface area contributed by atoms with Gasteiger partial charge < -0.3 is 14.6 Å². The molecule has 0 spiro atoms. The van der Waals surface area contributed by atoms with Crippen molar-refractivity contribution >= 4 is 11.9 Å². The number of aryl methyl sites for hydroxylation is 1. The number of esters is 1. The predicted molar refractivity (Wildman–Crippen MR) is 76.0 cm³/mol. The number of ether oxygens (including phenoxy) is 1. The first-order valence-electron chi connectivity index (χ1n) is 7.21. The van der Waals surface area contributed by atoms with Crippen molar-refractivity contribution in [2.45, 2.75) is 40.0 Å². The maximum atomic E-state index is 12.6. The van der Waals surface area contributed by atoms with E-state index in [2.05, 4.69) is 4.98 Å². The first-order chi connectivity index (χ1) is 9.56. The van der Waals surface area contributed by atoms with Gasteiger partial charge in [-0.1, -0.05) is 0 Å². The van der Waals surface area contributed by atoms with Crippen LogP contribution in [0, 0.1) is 13.8 Å². The van der Waals surface area contributed by atoms with Gasteiger partial charge in [0.05, 0.1) is 12.2 Å². The lowest BCUT2D eigenvalue weighted by molar-refractivity contribution is 0.0519. The molecule has 1 aliphatic rings. The summed E-state index contributed by atoms with van der Waals surface area (Å²) in [6.07, 6.45) is 3.29. The molecule has 1 N–H and O–H groups in total. The summed E-state index contributed by atoms with van der Waals surface area (Å²) in [5, 5.41) is 0. The maximum absolute atomic E-state index is 12.6. The molecule has 1 aromatic rings. The minimum atomic E-state index is -0.397. The number of rotatable bonds is 3. The van der Waals surface area contributed by atoms with Crippen molar-refractivity contribution in [3.8, 4) is 0 Å². The lowest BCUT2D eigenvalue weighted by Crippen LogP contribution is -2.36. The molecule has 0 unspecified atom stereocenters. The molecule has 5 heteroatoms. The van der Waals surface area contributed by atoms with Crippen molar-refractivity contribution in [1.29, 1.82) is 0 Å². The highest BCUT2D eigenvalue weighted by Gasteiger charge is 2.26. The Morgan fingerprint density at radius 2 is 1.85 bits per heavy atom. The van der Waals surface area contributed by atoms with E-state index in [1.807, 2.05) is 11.8 Å². The van der Waals surface area contributed by atoms with E-state index < -0.39 is 5.97 Å². The van der Waals surface area contributed by atoms with Crippen LogP contribution in [0.3, 0.4) is 0 Å². The summed E-state index contributed by atoms with van der Waals surface area (Å²) in [5.74, 6) is -0.378. The maximum Gasteiger partial charge on any atom is 0.355 e. The Balaban J connectivity index is 2.27. The molecular weight excluding hydrogens is 256 g/mol. The summed E-state index contributed by atoms with van der Waals surface area (Å²) in [6, 6.07) is 0. The summed E-state index contributed by atoms with van der Waals surface area (Å²) >= 11 is 0. The first kappa shape index (κ1) is 14.6. The van der Waals surface area contributed by atoms with Crippen molar-refractivity contribution < 1.29 is 14.3 Å². The Bertz CT molecular complexity index is 513. The van der Waals surface area contributed by atoms with Gasteiger partial charge in [0.25, 0.3) is 5.91 Å². The van der Waals surface area contributed by atoms with Gasteiger partial charge in [0.15, 0.2) is 0 Å².